The molecule has 0 bridgehead atoms. The van der Waals surface area contributed by atoms with Gasteiger partial charge in [-0.15, -0.1) is 11.3 Å². The van der Waals surface area contributed by atoms with Gasteiger partial charge in [0, 0.05) is 21.2 Å². The number of nitrogens with zero attached hydrogens (tertiary/aromatic N) is 1. The van der Waals surface area contributed by atoms with E-state index < -0.39 is 5.97 Å². The number of benzene rings is 1. The zero-order valence-electron chi connectivity index (χ0n) is 10.9. The Morgan fingerprint density at radius 1 is 1.48 bits per heavy atom. The molecule has 0 aliphatic heterocycles. The van der Waals surface area contributed by atoms with E-state index in [-0.39, 0.29) is 22.0 Å². The van der Waals surface area contributed by atoms with E-state index in [1.807, 2.05) is 6.07 Å². The normalized spacial score (nSPS) is 10.2. The topological polar surface area (TPSA) is 76.1 Å². The second kappa shape index (κ2) is 6.35. The lowest BCUT2D eigenvalue weighted by Gasteiger charge is -2.07. The molecular weight excluding hydrogens is 331 g/mol. The van der Waals surface area contributed by atoms with Gasteiger partial charge in [0.15, 0.2) is 0 Å². The summed E-state index contributed by atoms with van der Waals surface area (Å²) in [5, 5.41) is 10.3. The summed E-state index contributed by atoms with van der Waals surface area (Å²) < 4.78 is 5.00. The lowest BCUT2D eigenvalue weighted by molar-refractivity contribution is 0.0533. The van der Waals surface area contributed by atoms with Gasteiger partial charge in [-0.1, -0.05) is 29.3 Å². The number of hydrogen-bond donors (Lipinski definition) is 1. The molecule has 0 saturated carbocycles. The predicted octanol–water partition coefficient (Wildman–Crippen LogP) is 4.35. The Kier molecular flexibility index (Phi) is 4.73. The van der Waals surface area contributed by atoms with Crippen LogP contribution in [0.5, 0.6) is 0 Å². The van der Waals surface area contributed by atoms with Crippen molar-refractivity contribution in [3.05, 3.63) is 38.7 Å². The Bertz CT molecular complexity index is 750. The number of nitrogen functional groups attached to an aromatic ring is 1. The minimum Gasteiger partial charge on any atom is -0.462 e. The van der Waals surface area contributed by atoms with Crippen LogP contribution in [0.1, 0.15) is 22.2 Å². The Morgan fingerprint density at radius 3 is 2.76 bits per heavy atom. The Morgan fingerprint density at radius 2 is 2.19 bits per heavy atom. The van der Waals surface area contributed by atoms with E-state index in [4.69, 9.17) is 33.7 Å². The summed E-state index contributed by atoms with van der Waals surface area (Å²) in [5.41, 5.74) is 6.95. The minimum absolute atomic E-state index is 0.215. The number of thiophene rings is 1. The van der Waals surface area contributed by atoms with Gasteiger partial charge in [-0.25, -0.2) is 4.79 Å². The SMILES string of the molecule is CCOC(=O)c1sc(N)c(C#N)c1-c1ccc(Cl)cc1Cl. The smallest absolute Gasteiger partial charge is 0.349 e. The fourth-order valence-electron chi connectivity index (χ4n) is 1.85. The van der Waals surface area contributed by atoms with Crippen LogP contribution in [0.4, 0.5) is 5.00 Å². The van der Waals surface area contributed by atoms with Crippen molar-refractivity contribution in [2.24, 2.45) is 0 Å². The molecule has 108 valence electrons. The average Bonchev–Trinajstić information content (AvgIpc) is 2.76. The van der Waals surface area contributed by atoms with Crippen molar-refractivity contribution < 1.29 is 9.53 Å². The van der Waals surface area contributed by atoms with Crippen molar-refractivity contribution in [2.45, 2.75) is 6.92 Å². The Labute approximate surface area is 135 Å². The number of halogens is 2. The van der Waals surface area contributed by atoms with Gasteiger partial charge in [-0.3, -0.25) is 0 Å². The van der Waals surface area contributed by atoms with Crippen LogP contribution in [0.25, 0.3) is 11.1 Å². The highest BCUT2D eigenvalue weighted by atomic mass is 35.5. The molecule has 0 aliphatic carbocycles. The number of hydrogen-bond acceptors (Lipinski definition) is 5. The highest BCUT2D eigenvalue weighted by molar-refractivity contribution is 7.18. The van der Waals surface area contributed by atoms with Gasteiger partial charge in [-0.05, 0) is 19.1 Å². The average molecular weight is 341 g/mol. The third-order valence-electron chi connectivity index (χ3n) is 2.71. The number of carbonyl (C=O) groups excluding carboxylic acids is 1. The van der Waals surface area contributed by atoms with Gasteiger partial charge >= 0.3 is 5.97 Å². The number of carbonyl (C=O) groups is 1. The maximum Gasteiger partial charge on any atom is 0.349 e. The summed E-state index contributed by atoms with van der Waals surface area (Å²) in [6.07, 6.45) is 0. The first kappa shape index (κ1) is 15.6. The molecule has 2 aromatic rings. The molecule has 0 unspecified atom stereocenters. The summed E-state index contributed by atoms with van der Waals surface area (Å²) in [6.45, 7) is 1.93. The number of nitrogens with two attached hydrogens (primary N) is 1. The summed E-state index contributed by atoms with van der Waals surface area (Å²) in [5.74, 6) is -0.531. The molecule has 7 heteroatoms. The molecule has 0 saturated heterocycles. The van der Waals surface area contributed by atoms with Crippen molar-refractivity contribution in [1.29, 1.82) is 5.26 Å². The first-order valence-electron chi connectivity index (χ1n) is 5.94. The van der Waals surface area contributed by atoms with Crippen molar-refractivity contribution in [2.75, 3.05) is 12.3 Å². The second-order valence-electron chi connectivity index (χ2n) is 4.00. The molecule has 2 N–H and O–H groups in total. The van der Waals surface area contributed by atoms with E-state index in [0.29, 0.717) is 21.2 Å². The zero-order valence-corrected chi connectivity index (χ0v) is 13.3. The molecule has 21 heavy (non-hydrogen) atoms. The van der Waals surface area contributed by atoms with Crippen LogP contribution in [0.3, 0.4) is 0 Å². The third kappa shape index (κ3) is 2.98. The number of esters is 1. The van der Waals surface area contributed by atoms with Crippen LogP contribution in [0.15, 0.2) is 18.2 Å². The molecule has 0 fully saturated rings. The molecule has 0 atom stereocenters. The molecule has 1 aromatic heterocycles. The summed E-state index contributed by atoms with van der Waals surface area (Å²) in [6, 6.07) is 6.83. The van der Waals surface area contributed by atoms with Crippen molar-refractivity contribution >= 4 is 45.5 Å². The van der Waals surface area contributed by atoms with Crippen LogP contribution >= 0.6 is 34.5 Å². The van der Waals surface area contributed by atoms with Crippen LogP contribution < -0.4 is 5.73 Å². The summed E-state index contributed by atoms with van der Waals surface area (Å²) in [7, 11) is 0. The Balaban J connectivity index is 2.71. The minimum atomic E-state index is -0.531. The summed E-state index contributed by atoms with van der Waals surface area (Å²) >= 11 is 13.1. The van der Waals surface area contributed by atoms with E-state index >= 15 is 0 Å². The predicted molar refractivity (Wildman–Crippen MR) is 84.9 cm³/mol. The molecule has 0 spiro atoms. The molecule has 0 aliphatic rings. The van der Waals surface area contributed by atoms with Crippen LogP contribution in [-0.4, -0.2) is 12.6 Å². The highest BCUT2D eigenvalue weighted by Gasteiger charge is 2.25. The molecule has 1 aromatic carbocycles. The molecule has 2 rings (SSSR count). The standard InChI is InChI=1S/C14H10Cl2N2O2S/c1-2-20-14(19)12-11(9(6-17)13(18)21-12)8-4-3-7(15)5-10(8)16/h3-5H,2,18H2,1H3. The number of nitriles is 1. The molecular formula is C14H10Cl2N2O2S. The Hall–Kier alpha value is -1.74. The monoisotopic (exact) mass is 340 g/mol. The maximum atomic E-state index is 12.1. The molecule has 4 nitrogen and oxygen atoms in total. The highest BCUT2D eigenvalue weighted by Crippen LogP contribution is 2.42. The molecule has 1 heterocycles. The number of ether oxygens (including phenoxy) is 1. The number of anilines is 1. The maximum absolute atomic E-state index is 12.1. The van der Waals surface area contributed by atoms with Gasteiger partial charge in [0.25, 0.3) is 0 Å². The van der Waals surface area contributed by atoms with Gasteiger partial charge in [0.05, 0.1) is 12.2 Å². The number of rotatable bonds is 3. The second-order valence-corrected chi connectivity index (χ2v) is 5.90. The van der Waals surface area contributed by atoms with E-state index in [9.17, 15) is 10.1 Å². The zero-order chi connectivity index (χ0) is 15.6. The van der Waals surface area contributed by atoms with Gasteiger partial charge in [0.1, 0.15) is 15.9 Å². The van der Waals surface area contributed by atoms with Crippen LogP contribution in [-0.2, 0) is 4.74 Å². The fourth-order valence-corrected chi connectivity index (χ4v) is 3.28. The van der Waals surface area contributed by atoms with E-state index in [1.165, 1.54) is 0 Å². The molecule has 0 radical (unpaired) electrons. The van der Waals surface area contributed by atoms with Crippen molar-refractivity contribution in [1.82, 2.24) is 0 Å². The van der Waals surface area contributed by atoms with E-state index in [2.05, 4.69) is 0 Å². The van der Waals surface area contributed by atoms with Gasteiger partial charge in [0.2, 0.25) is 0 Å². The lowest BCUT2D eigenvalue weighted by atomic mass is 10.0. The van der Waals surface area contributed by atoms with Crippen molar-refractivity contribution in [3.8, 4) is 17.2 Å². The largest absolute Gasteiger partial charge is 0.462 e. The molecule has 0 amide bonds. The van der Waals surface area contributed by atoms with E-state index in [1.54, 1.807) is 25.1 Å². The first-order valence-corrected chi connectivity index (χ1v) is 7.51. The van der Waals surface area contributed by atoms with Gasteiger partial charge < -0.3 is 10.5 Å². The van der Waals surface area contributed by atoms with Gasteiger partial charge in [-0.2, -0.15) is 5.26 Å². The summed E-state index contributed by atoms with van der Waals surface area (Å²) in [4.78, 5) is 12.3. The third-order valence-corrected chi connectivity index (χ3v) is 4.26. The van der Waals surface area contributed by atoms with Crippen molar-refractivity contribution in [3.63, 3.8) is 0 Å². The van der Waals surface area contributed by atoms with E-state index in [0.717, 1.165) is 11.3 Å². The fraction of sp³-hybridized carbons (Fsp3) is 0.143. The van der Waals surface area contributed by atoms with Crippen LogP contribution in [0.2, 0.25) is 10.0 Å². The first-order chi connectivity index (χ1) is 9.99. The lowest BCUT2D eigenvalue weighted by Crippen LogP contribution is -2.04. The quantitative estimate of drug-likeness (QED) is 0.842. The van der Waals surface area contributed by atoms with Crippen LogP contribution in [0, 0.1) is 11.3 Å².